The fraction of sp³-hybridized carbons (Fsp3) is 0.500. The summed E-state index contributed by atoms with van der Waals surface area (Å²) in [5.74, 6) is 0.814. The van der Waals surface area contributed by atoms with E-state index in [2.05, 4.69) is 16.0 Å². The predicted molar refractivity (Wildman–Crippen MR) is 63.1 cm³/mol. The van der Waals surface area contributed by atoms with Crippen LogP contribution in [0.4, 0.5) is 5.82 Å². The van der Waals surface area contributed by atoms with Crippen LogP contribution in [0.25, 0.3) is 0 Å². The van der Waals surface area contributed by atoms with Gasteiger partial charge in [-0.2, -0.15) is 5.26 Å². The van der Waals surface area contributed by atoms with Crippen LogP contribution in [0.5, 0.6) is 0 Å². The molecule has 1 aromatic heterocycles. The van der Waals surface area contributed by atoms with E-state index in [1.165, 1.54) is 0 Å². The summed E-state index contributed by atoms with van der Waals surface area (Å²) in [7, 11) is 0. The van der Waals surface area contributed by atoms with E-state index in [0.29, 0.717) is 11.6 Å². The van der Waals surface area contributed by atoms with Gasteiger partial charge >= 0.3 is 0 Å². The molecule has 0 aliphatic carbocycles. The Balaban J connectivity index is 2.26. The lowest BCUT2D eigenvalue weighted by Crippen LogP contribution is -2.40. The van der Waals surface area contributed by atoms with E-state index < -0.39 is 0 Å². The van der Waals surface area contributed by atoms with Crippen molar-refractivity contribution in [1.82, 2.24) is 4.98 Å². The Kier molecular flexibility index (Phi) is 3.07. The zero-order valence-electron chi connectivity index (χ0n) is 9.48. The molecular formula is C12H16N4. The summed E-state index contributed by atoms with van der Waals surface area (Å²) >= 11 is 0. The van der Waals surface area contributed by atoms with Crippen molar-refractivity contribution in [2.45, 2.75) is 25.8 Å². The number of aryl methyl sites for hydroxylation is 1. The van der Waals surface area contributed by atoms with Crippen LogP contribution in [-0.4, -0.2) is 24.1 Å². The number of hydrogen-bond acceptors (Lipinski definition) is 4. The summed E-state index contributed by atoms with van der Waals surface area (Å²) in [5.41, 5.74) is 7.47. The lowest BCUT2D eigenvalue weighted by Gasteiger charge is -2.31. The highest BCUT2D eigenvalue weighted by molar-refractivity contribution is 5.54. The van der Waals surface area contributed by atoms with Crippen LogP contribution in [0.15, 0.2) is 12.1 Å². The first-order chi connectivity index (χ1) is 7.70. The van der Waals surface area contributed by atoms with E-state index in [9.17, 15) is 0 Å². The van der Waals surface area contributed by atoms with Crippen LogP contribution in [-0.2, 0) is 0 Å². The molecule has 0 radical (unpaired) electrons. The molecule has 2 heterocycles. The van der Waals surface area contributed by atoms with Gasteiger partial charge in [0.05, 0.1) is 5.56 Å². The number of nitrogens with zero attached hydrogens (tertiary/aromatic N) is 3. The van der Waals surface area contributed by atoms with Crippen LogP contribution < -0.4 is 10.6 Å². The molecule has 16 heavy (non-hydrogen) atoms. The average molecular weight is 216 g/mol. The van der Waals surface area contributed by atoms with Crippen molar-refractivity contribution < 1.29 is 0 Å². The van der Waals surface area contributed by atoms with Gasteiger partial charge in [0.25, 0.3) is 0 Å². The topological polar surface area (TPSA) is 65.9 Å². The molecule has 4 nitrogen and oxygen atoms in total. The molecule has 0 spiro atoms. The number of piperidine rings is 1. The monoisotopic (exact) mass is 216 g/mol. The Hall–Kier alpha value is -1.60. The lowest BCUT2D eigenvalue weighted by molar-refractivity contribution is 0.498. The highest BCUT2D eigenvalue weighted by atomic mass is 15.2. The first-order valence-electron chi connectivity index (χ1n) is 5.59. The van der Waals surface area contributed by atoms with E-state index in [1.807, 2.05) is 19.1 Å². The van der Waals surface area contributed by atoms with Crippen molar-refractivity contribution in [2.75, 3.05) is 18.0 Å². The van der Waals surface area contributed by atoms with Crippen LogP contribution in [0.3, 0.4) is 0 Å². The summed E-state index contributed by atoms with van der Waals surface area (Å²) in [6.07, 6.45) is 1.95. The molecule has 1 aliphatic rings. The summed E-state index contributed by atoms with van der Waals surface area (Å²) < 4.78 is 0. The molecule has 0 bridgehead atoms. The van der Waals surface area contributed by atoms with Gasteiger partial charge in [-0.3, -0.25) is 0 Å². The number of pyridine rings is 1. The minimum absolute atomic E-state index is 0.298. The van der Waals surface area contributed by atoms with E-state index in [-0.39, 0.29) is 0 Å². The number of hydrogen-bond donors (Lipinski definition) is 1. The number of aromatic nitrogens is 1. The first-order valence-corrected chi connectivity index (χ1v) is 5.59. The van der Waals surface area contributed by atoms with Gasteiger partial charge in [0, 0.05) is 24.8 Å². The molecule has 2 N–H and O–H groups in total. The lowest BCUT2D eigenvalue weighted by atomic mass is 10.1. The molecule has 4 heteroatoms. The third kappa shape index (κ3) is 2.15. The molecule has 0 aromatic carbocycles. The van der Waals surface area contributed by atoms with Crippen LogP contribution in [0, 0.1) is 18.3 Å². The maximum absolute atomic E-state index is 9.05. The second-order valence-corrected chi connectivity index (χ2v) is 4.26. The Labute approximate surface area is 95.7 Å². The Morgan fingerprint density at radius 3 is 2.75 bits per heavy atom. The number of rotatable bonds is 1. The fourth-order valence-corrected chi connectivity index (χ4v) is 1.98. The minimum Gasteiger partial charge on any atom is -0.355 e. The quantitative estimate of drug-likeness (QED) is 0.765. The van der Waals surface area contributed by atoms with Crippen molar-refractivity contribution in [3.63, 3.8) is 0 Å². The van der Waals surface area contributed by atoms with Crippen LogP contribution in [0.2, 0.25) is 0 Å². The zero-order valence-corrected chi connectivity index (χ0v) is 9.48. The molecule has 1 fully saturated rings. The van der Waals surface area contributed by atoms with Crippen LogP contribution in [0.1, 0.15) is 24.1 Å². The van der Waals surface area contributed by atoms with Crippen molar-refractivity contribution in [3.05, 3.63) is 23.4 Å². The fourth-order valence-electron chi connectivity index (χ4n) is 1.98. The van der Waals surface area contributed by atoms with Crippen molar-refractivity contribution in [2.24, 2.45) is 5.73 Å². The predicted octanol–water partition coefficient (Wildman–Crippen LogP) is 1.19. The highest BCUT2D eigenvalue weighted by Gasteiger charge is 2.19. The molecule has 1 aliphatic heterocycles. The smallest absolute Gasteiger partial charge is 0.146 e. The molecule has 0 amide bonds. The van der Waals surface area contributed by atoms with Gasteiger partial charge in [-0.25, -0.2) is 4.98 Å². The highest BCUT2D eigenvalue weighted by Crippen LogP contribution is 2.21. The number of anilines is 1. The SMILES string of the molecule is Cc1ccc(C#N)c(N2CCC(N)CC2)n1. The van der Waals surface area contributed by atoms with Gasteiger partial charge in [-0.15, -0.1) is 0 Å². The van der Waals surface area contributed by atoms with Gasteiger partial charge in [0.15, 0.2) is 0 Å². The third-order valence-corrected chi connectivity index (χ3v) is 2.97. The maximum atomic E-state index is 9.05. The maximum Gasteiger partial charge on any atom is 0.146 e. The molecule has 1 aromatic rings. The van der Waals surface area contributed by atoms with Crippen molar-refractivity contribution in [1.29, 1.82) is 5.26 Å². The second kappa shape index (κ2) is 4.50. The normalized spacial score (nSPS) is 17.2. The molecule has 0 unspecified atom stereocenters. The minimum atomic E-state index is 0.298. The average Bonchev–Trinajstić information content (AvgIpc) is 2.30. The number of nitriles is 1. The summed E-state index contributed by atoms with van der Waals surface area (Å²) in [6.45, 7) is 3.74. The molecule has 0 atom stereocenters. The summed E-state index contributed by atoms with van der Waals surface area (Å²) in [4.78, 5) is 6.62. The Bertz CT molecular complexity index is 414. The van der Waals surface area contributed by atoms with Gasteiger partial charge < -0.3 is 10.6 Å². The Morgan fingerprint density at radius 2 is 2.12 bits per heavy atom. The van der Waals surface area contributed by atoms with Crippen molar-refractivity contribution >= 4 is 5.82 Å². The van der Waals surface area contributed by atoms with E-state index in [0.717, 1.165) is 37.4 Å². The van der Waals surface area contributed by atoms with Crippen molar-refractivity contribution in [3.8, 4) is 6.07 Å². The standard InChI is InChI=1S/C12H16N4/c1-9-2-3-10(8-13)12(15-9)16-6-4-11(14)5-7-16/h2-3,11H,4-7,14H2,1H3. The van der Waals surface area contributed by atoms with E-state index in [4.69, 9.17) is 11.0 Å². The second-order valence-electron chi connectivity index (χ2n) is 4.26. The van der Waals surface area contributed by atoms with Gasteiger partial charge in [-0.1, -0.05) is 0 Å². The third-order valence-electron chi connectivity index (χ3n) is 2.97. The van der Waals surface area contributed by atoms with Crippen LogP contribution >= 0.6 is 0 Å². The van der Waals surface area contributed by atoms with Gasteiger partial charge in [0.1, 0.15) is 11.9 Å². The molecule has 0 saturated carbocycles. The molecule has 1 saturated heterocycles. The van der Waals surface area contributed by atoms with Gasteiger partial charge in [0.2, 0.25) is 0 Å². The molecule has 84 valence electrons. The number of nitrogens with two attached hydrogens (primary N) is 1. The van der Waals surface area contributed by atoms with E-state index in [1.54, 1.807) is 0 Å². The first kappa shape index (κ1) is 10.9. The zero-order chi connectivity index (χ0) is 11.5. The molecule has 2 rings (SSSR count). The molecular weight excluding hydrogens is 200 g/mol. The van der Waals surface area contributed by atoms with E-state index >= 15 is 0 Å². The summed E-state index contributed by atoms with van der Waals surface area (Å²) in [6, 6.07) is 6.21. The van der Waals surface area contributed by atoms with Gasteiger partial charge in [-0.05, 0) is 31.9 Å². The summed E-state index contributed by atoms with van der Waals surface area (Å²) in [5, 5.41) is 9.05. The largest absolute Gasteiger partial charge is 0.355 e. The Morgan fingerprint density at radius 1 is 1.44 bits per heavy atom.